The van der Waals surface area contributed by atoms with Gasteiger partial charge < -0.3 is 8.83 Å². The van der Waals surface area contributed by atoms with Gasteiger partial charge in [-0.1, -0.05) is 48.5 Å². The van der Waals surface area contributed by atoms with Crippen LogP contribution < -0.4 is 0 Å². The predicted octanol–water partition coefficient (Wildman–Crippen LogP) is 10.2. The molecule has 8 rings (SSSR count). The second-order valence-corrected chi connectivity index (χ2v) is 10.4. The van der Waals surface area contributed by atoms with Crippen molar-refractivity contribution in [3.8, 4) is 45.5 Å². The maximum absolute atomic E-state index is 9.89. The highest BCUT2D eigenvalue weighted by Crippen LogP contribution is 2.39. The summed E-state index contributed by atoms with van der Waals surface area (Å²) >= 11 is 0. The Kier molecular flexibility index (Phi) is 5.22. The Morgan fingerprint density at radius 1 is 0.405 bits per heavy atom. The van der Waals surface area contributed by atoms with E-state index in [1.165, 1.54) is 0 Å². The zero-order chi connectivity index (χ0) is 28.2. The van der Waals surface area contributed by atoms with Crippen LogP contribution in [0.1, 0.15) is 11.1 Å². The number of fused-ring (bicyclic) bond motifs is 6. The lowest BCUT2D eigenvalue weighted by Crippen LogP contribution is -1.89. The summed E-state index contributed by atoms with van der Waals surface area (Å²) in [5, 5.41) is 23.4. The summed E-state index contributed by atoms with van der Waals surface area (Å²) in [6.45, 7) is 0. The lowest BCUT2D eigenvalue weighted by molar-refractivity contribution is 0.668. The Hall–Kier alpha value is -6.10. The third kappa shape index (κ3) is 3.75. The predicted molar refractivity (Wildman–Crippen MR) is 167 cm³/mol. The number of nitrogens with zero attached hydrogens (tertiary/aromatic N) is 2. The lowest BCUT2D eigenvalue weighted by Gasteiger charge is -2.12. The van der Waals surface area contributed by atoms with Crippen LogP contribution in [-0.2, 0) is 0 Å². The van der Waals surface area contributed by atoms with E-state index in [0.717, 1.165) is 77.3 Å². The van der Waals surface area contributed by atoms with Gasteiger partial charge in [-0.2, -0.15) is 10.5 Å². The largest absolute Gasteiger partial charge is 0.456 e. The minimum absolute atomic E-state index is 0.593. The van der Waals surface area contributed by atoms with Gasteiger partial charge >= 0.3 is 0 Å². The number of hydrogen-bond acceptors (Lipinski definition) is 4. The van der Waals surface area contributed by atoms with Crippen LogP contribution in [0.2, 0.25) is 0 Å². The third-order valence-electron chi connectivity index (χ3n) is 7.93. The molecular weight excluding hydrogens is 516 g/mol. The molecule has 0 aliphatic rings. The van der Waals surface area contributed by atoms with E-state index in [4.69, 9.17) is 8.83 Å². The molecule has 0 aliphatic heterocycles. The minimum Gasteiger partial charge on any atom is -0.456 e. The van der Waals surface area contributed by atoms with Crippen molar-refractivity contribution in [2.24, 2.45) is 0 Å². The summed E-state index contributed by atoms with van der Waals surface area (Å²) in [5.41, 5.74) is 10.4. The summed E-state index contributed by atoms with van der Waals surface area (Å²) in [6.07, 6.45) is 0. The second-order valence-electron chi connectivity index (χ2n) is 10.4. The highest BCUT2D eigenvalue weighted by Gasteiger charge is 2.14. The molecule has 0 N–H and O–H groups in total. The van der Waals surface area contributed by atoms with Crippen molar-refractivity contribution in [1.82, 2.24) is 0 Å². The number of nitriles is 2. The number of para-hydroxylation sites is 1. The number of furan rings is 2. The quantitative estimate of drug-likeness (QED) is 0.225. The van der Waals surface area contributed by atoms with Crippen LogP contribution in [0.3, 0.4) is 0 Å². The van der Waals surface area contributed by atoms with Gasteiger partial charge in [-0.25, -0.2) is 0 Å². The Bertz CT molecular complexity index is 2450. The Morgan fingerprint density at radius 2 is 0.952 bits per heavy atom. The number of rotatable bonds is 3. The van der Waals surface area contributed by atoms with E-state index in [2.05, 4.69) is 60.7 Å². The molecule has 4 nitrogen and oxygen atoms in total. The molecule has 0 spiro atoms. The first-order valence-corrected chi connectivity index (χ1v) is 13.6. The van der Waals surface area contributed by atoms with Crippen molar-refractivity contribution in [2.75, 3.05) is 0 Å². The highest BCUT2D eigenvalue weighted by molar-refractivity contribution is 6.08. The van der Waals surface area contributed by atoms with Gasteiger partial charge in [0, 0.05) is 21.5 Å². The van der Waals surface area contributed by atoms with Crippen molar-refractivity contribution in [3.63, 3.8) is 0 Å². The van der Waals surface area contributed by atoms with Crippen molar-refractivity contribution in [3.05, 3.63) is 132 Å². The Labute approximate surface area is 240 Å². The van der Waals surface area contributed by atoms with Gasteiger partial charge in [-0.05, 0) is 106 Å². The van der Waals surface area contributed by atoms with Crippen LogP contribution in [0, 0.1) is 22.7 Å². The molecule has 0 amide bonds. The van der Waals surface area contributed by atoms with Crippen LogP contribution in [0.4, 0.5) is 0 Å². The molecule has 0 aliphatic carbocycles. The zero-order valence-electron chi connectivity index (χ0n) is 22.3. The van der Waals surface area contributed by atoms with Gasteiger partial charge in [0.2, 0.25) is 0 Å². The van der Waals surface area contributed by atoms with Crippen LogP contribution in [0.25, 0.3) is 77.3 Å². The molecule has 0 fully saturated rings. The molecule has 42 heavy (non-hydrogen) atoms. The third-order valence-corrected chi connectivity index (χ3v) is 7.93. The van der Waals surface area contributed by atoms with E-state index in [0.29, 0.717) is 11.1 Å². The molecule has 0 bridgehead atoms. The first kappa shape index (κ1) is 23.8. The molecule has 6 aromatic carbocycles. The molecule has 8 aromatic rings. The highest BCUT2D eigenvalue weighted by atomic mass is 16.3. The molecule has 0 saturated heterocycles. The van der Waals surface area contributed by atoms with Crippen LogP contribution in [0.5, 0.6) is 0 Å². The first-order chi connectivity index (χ1) is 20.7. The molecule has 194 valence electrons. The van der Waals surface area contributed by atoms with Crippen LogP contribution >= 0.6 is 0 Å². The van der Waals surface area contributed by atoms with Crippen molar-refractivity contribution in [1.29, 1.82) is 10.5 Å². The number of benzene rings is 6. The normalized spacial score (nSPS) is 11.3. The monoisotopic (exact) mass is 536 g/mol. The summed E-state index contributed by atoms with van der Waals surface area (Å²) in [5.74, 6) is 0. The van der Waals surface area contributed by atoms with E-state index < -0.39 is 0 Å². The van der Waals surface area contributed by atoms with Gasteiger partial charge in [0.05, 0.1) is 23.3 Å². The summed E-state index contributed by atoms with van der Waals surface area (Å²) in [6, 6.07) is 44.8. The molecule has 2 aromatic heterocycles. The molecule has 4 heteroatoms. The van der Waals surface area contributed by atoms with E-state index >= 15 is 0 Å². The first-order valence-electron chi connectivity index (χ1n) is 13.6. The second kappa shape index (κ2) is 9.24. The summed E-state index contributed by atoms with van der Waals surface area (Å²) in [7, 11) is 0. The molecular formula is C38H20N2O2. The zero-order valence-corrected chi connectivity index (χ0v) is 22.3. The molecule has 2 heterocycles. The average Bonchev–Trinajstić information content (AvgIpc) is 3.61. The van der Waals surface area contributed by atoms with Gasteiger partial charge in [0.1, 0.15) is 22.3 Å². The van der Waals surface area contributed by atoms with E-state index in [1.54, 1.807) is 6.07 Å². The van der Waals surface area contributed by atoms with Crippen molar-refractivity contribution < 1.29 is 8.83 Å². The Morgan fingerprint density at radius 3 is 1.64 bits per heavy atom. The van der Waals surface area contributed by atoms with Gasteiger partial charge in [0.25, 0.3) is 0 Å². The van der Waals surface area contributed by atoms with Gasteiger partial charge in [-0.15, -0.1) is 0 Å². The van der Waals surface area contributed by atoms with Crippen LogP contribution in [-0.4, -0.2) is 0 Å². The SMILES string of the molecule is N#Cc1ccc2oc3ccc(-c4cc(-c5ccc6oc7ccccc7c6c5)cc(-c5ccccc5C#N)c4)cc3c2c1. The minimum atomic E-state index is 0.593. The fourth-order valence-electron chi connectivity index (χ4n) is 5.88. The van der Waals surface area contributed by atoms with Crippen molar-refractivity contribution in [2.45, 2.75) is 0 Å². The molecule has 0 unspecified atom stereocenters. The van der Waals surface area contributed by atoms with Gasteiger partial charge in [0.15, 0.2) is 0 Å². The fraction of sp³-hybridized carbons (Fsp3) is 0. The van der Waals surface area contributed by atoms with Gasteiger partial charge in [-0.3, -0.25) is 0 Å². The van der Waals surface area contributed by atoms with Crippen LogP contribution in [0.15, 0.2) is 130 Å². The molecule has 0 atom stereocenters. The smallest absolute Gasteiger partial charge is 0.135 e. The molecule has 0 radical (unpaired) electrons. The summed E-state index contributed by atoms with van der Waals surface area (Å²) < 4.78 is 12.2. The average molecular weight is 537 g/mol. The fourth-order valence-corrected chi connectivity index (χ4v) is 5.88. The lowest BCUT2D eigenvalue weighted by atomic mass is 9.91. The van der Waals surface area contributed by atoms with E-state index in [9.17, 15) is 10.5 Å². The van der Waals surface area contributed by atoms with E-state index in [1.807, 2.05) is 66.7 Å². The molecule has 0 saturated carbocycles. The summed E-state index contributed by atoms with van der Waals surface area (Å²) in [4.78, 5) is 0. The number of hydrogen-bond donors (Lipinski definition) is 0. The standard InChI is InChI=1S/C38H20N2O2/c39-21-23-9-12-36-32(15-23)34-20-25(11-14-38(34)42-36)28-16-27(17-29(18-28)30-6-2-1-5-26(30)22-40)24-10-13-37-33(19-24)31-7-3-4-8-35(31)41-37/h1-20H. The van der Waals surface area contributed by atoms with Crippen molar-refractivity contribution >= 4 is 43.9 Å². The Balaban J connectivity index is 1.37. The maximum Gasteiger partial charge on any atom is 0.135 e. The maximum atomic E-state index is 9.89. The topological polar surface area (TPSA) is 73.9 Å². The van der Waals surface area contributed by atoms with E-state index in [-0.39, 0.29) is 0 Å².